The number of pyridine rings is 1. The molecule has 1 N–H and O–H groups in total. The van der Waals surface area contributed by atoms with Gasteiger partial charge in [-0.2, -0.15) is 0 Å². The summed E-state index contributed by atoms with van der Waals surface area (Å²) >= 11 is 0. The van der Waals surface area contributed by atoms with Crippen LogP contribution in [0.1, 0.15) is 37.1 Å². The van der Waals surface area contributed by atoms with Gasteiger partial charge < -0.3 is 15.1 Å². The van der Waals surface area contributed by atoms with E-state index < -0.39 is 0 Å². The number of piperidine rings is 2. The summed E-state index contributed by atoms with van der Waals surface area (Å²) in [7, 11) is 4.07. The van der Waals surface area contributed by atoms with E-state index in [2.05, 4.69) is 50.1 Å². The predicted molar refractivity (Wildman–Crippen MR) is 113 cm³/mol. The molecule has 2 aliphatic heterocycles. The molecular weight excluding hydrogens is 350 g/mol. The molecule has 28 heavy (non-hydrogen) atoms. The molecule has 0 aliphatic carbocycles. The fraction of sp³-hybridized carbons (Fsp3) is 0.727. The number of carbonyl (C=O) groups is 1. The maximum Gasteiger partial charge on any atom is 0.223 e. The lowest BCUT2D eigenvalue weighted by atomic mass is 9.92. The van der Waals surface area contributed by atoms with Gasteiger partial charge in [-0.05, 0) is 71.9 Å². The van der Waals surface area contributed by atoms with Crippen LogP contribution in [0.15, 0.2) is 18.2 Å². The average molecular weight is 388 g/mol. The Labute approximate surface area is 170 Å². The van der Waals surface area contributed by atoms with Crippen LogP contribution in [-0.4, -0.2) is 85.0 Å². The van der Waals surface area contributed by atoms with Gasteiger partial charge >= 0.3 is 0 Å². The van der Waals surface area contributed by atoms with Gasteiger partial charge in [-0.25, -0.2) is 0 Å². The predicted octanol–water partition coefficient (Wildman–Crippen LogP) is 1.74. The number of rotatable bonds is 7. The largest absolute Gasteiger partial charge is 0.355 e. The Kier molecular flexibility index (Phi) is 7.82. The molecule has 2 fully saturated rings. The number of carbonyl (C=O) groups excluding carboxylic acids is 1. The van der Waals surface area contributed by atoms with Crippen LogP contribution in [0.2, 0.25) is 0 Å². The van der Waals surface area contributed by atoms with E-state index in [1.165, 1.54) is 18.5 Å². The molecule has 0 atom stereocenters. The standard InChI is InChI=1S/C22H37N5O/c1-18-5-4-6-20(24-18)17-26-12-9-21(10-13-26)27-14-7-19(8-15-27)22(28)23-11-16-25(2)3/h4-6,19,21H,7-17H2,1-3H3,(H,23,28). The van der Waals surface area contributed by atoms with Crippen molar-refractivity contribution in [3.05, 3.63) is 29.6 Å². The fourth-order valence-corrected chi connectivity index (χ4v) is 4.43. The second-order valence-electron chi connectivity index (χ2n) is 8.68. The molecule has 6 nitrogen and oxygen atoms in total. The van der Waals surface area contributed by atoms with Crippen LogP contribution in [0.5, 0.6) is 0 Å². The van der Waals surface area contributed by atoms with Gasteiger partial charge in [-0.1, -0.05) is 6.07 Å². The first kappa shape index (κ1) is 21.2. The van der Waals surface area contributed by atoms with Crippen molar-refractivity contribution in [2.24, 2.45) is 5.92 Å². The van der Waals surface area contributed by atoms with Crippen molar-refractivity contribution in [1.82, 2.24) is 25.0 Å². The number of hydrogen-bond donors (Lipinski definition) is 1. The highest BCUT2D eigenvalue weighted by Crippen LogP contribution is 2.24. The normalized spacial score (nSPS) is 20.6. The summed E-state index contributed by atoms with van der Waals surface area (Å²) in [5.41, 5.74) is 2.28. The Hall–Kier alpha value is -1.50. The van der Waals surface area contributed by atoms with Gasteiger partial charge in [0.05, 0.1) is 5.69 Å². The number of aromatic nitrogens is 1. The van der Waals surface area contributed by atoms with E-state index in [0.717, 1.165) is 64.3 Å². The topological polar surface area (TPSA) is 51.7 Å². The highest BCUT2D eigenvalue weighted by atomic mass is 16.1. The first-order valence-electron chi connectivity index (χ1n) is 10.8. The van der Waals surface area contributed by atoms with E-state index in [-0.39, 0.29) is 11.8 Å². The highest BCUT2D eigenvalue weighted by Gasteiger charge is 2.30. The Morgan fingerprint density at radius 1 is 1.14 bits per heavy atom. The van der Waals surface area contributed by atoms with Gasteiger partial charge in [0.1, 0.15) is 0 Å². The zero-order chi connectivity index (χ0) is 19.9. The van der Waals surface area contributed by atoms with E-state index in [0.29, 0.717) is 6.04 Å². The molecule has 0 unspecified atom stereocenters. The summed E-state index contributed by atoms with van der Waals surface area (Å²) in [6.45, 7) is 9.09. The molecular formula is C22H37N5O. The average Bonchev–Trinajstić information content (AvgIpc) is 2.68. The minimum atomic E-state index is 0.200. The molecule has 156 valence electrons. The summed E-state index contributed by atoms with van der Waals surface area (Å²) in [5.74, 6) is 0.452. The zero-order valence-corrected chi connectivity index (χ0v) is 17.9. The molecule has 0 saturated carbocycles. The number of nitrogens with zero attached hydrogens (tertiary/aromatic N) is 4. The molecule has 0 aromatic carbocycles. The molecule has 0 bridgehead atoms. The van der Waals surface area contributed by atoms with Gasteiger partial charge in [0, 0.05) is 50.4 Å². The van der Waals surface area contributed by atoms with Crippen LogP contribution in [0.4, 0.5) is 0 Å². The second kappa shape index (κ2) is 10.3. The van der Waals surface area contributed by atoms with Gasteiger partial charge in [0.2, 0.25) is 5.91 Å². The van der Waals surface area contributed by atoms with E-state index in [1.807, 2.05) is 14.1 Å². The van der Waals surface area contributed by atoms with Gasteiger partial charge in [0.15, 0.2) is 0 Å². The first-order chi connectivity index (χ1) is 13.5. The molecule has 1 aromatic rings. The number of likely N-dealkylation sites (tertiary alicyclic amines) is 2. The van der Waals surface area contributed by atoms with Gasteiger partial charge in [-0.3, -0.25) is 14.7 Å². The first-order valence-corrected chi connectivity index (χ1v) is 10.8. The summed E-state index contributed by atoms with van der Waals surface area (Å²) in [6.07, 6.45) is 4.46. The van der Waals surface area contributed by atoms with E-state index in [9.17, 15) is 4.79 Å². The molecule has 0 radical (unpaired) electrons. The third-order valence-electron chi connectivity index (χ3n) is 6.16. The monoisotopic (exact) mass is 387 g/mol. The number of aryl methyl sites for hydroxylation is 1. The zero-order valence-electron chi connectivity index (χ0n) is 17.9. The summed E-state index contributed by atoms with van der Waals surface area (Å²) < 4.78 is 0. The molecule has 3 rings (SSSR count). The van der Waals surface area contributed by atoms with Crippen LogP contribution >= 0.6 is 0 Å². The van der Waals surface area contributed by atoms with Crippen molar-refractivity contribution < 1.29 is 4.79 Å². The third kappa shape index (κ3) is 6.26. The quantitative estimate of drug-likeness (QED) is 0.772. The molecule has 3 heterocycles. The molecule has 0 spiro atoms. The van der Waals surface area contributed by atoms with E-state index in [4.69, 9.17) is 0 Å². The Balaban J connectivity index is 1.36. The van der Waals surface area contributed by atoms with Crippen LogP contribution in [0, 0.1) is 12.8 Å². The maximum absolute atomic E-state index is 12.3. The summed E-state index contributed by atoms with van der Waals surface area (Å²) in [5, 5.41) is 3.10. The summed E-state index contributed by atoms with van der Waals surface area (Å²) in [6, 6.07) is 6.97. The number of likely N-dealkylation sites (N-methyl/N-ethyl adjacent to an activating group) is 1. The minimum absolute atomic E-state index is 0.200. The van der Waals surface area contributed by atoms with E-state index in [1.54, 1.807) is 0 Å². The number of nitrogens with one attached hydrogen (secondary N) is 1. The Morgan fingerprint density at radius 2 is 1.86 bits per heavy atom. The molecule has 1 aromatic heterocycles. The second-order valence-corrected chi connectivity index (χ2v) is 8.68. The Bertz CT molecular complexity index is 619. The lowest BCUT2D eigenvalue weighted by molar-refractivity contribution is -0.126. The van der Waals surface area contributed by atoms with Crippen LogP contribution < -0.4 is 5.32 Å². The molecule has 1 amide bonds. The van der Waals surface area contributed by atoms with Gasteiger partial charge in [0.25, 0.3) is 0 Å². The van der Waals surface area contributed by atoms with Crippen LogP contribution in [0.3, 0.4) is 0 Å². The minimum Gasteiger partial charge on any atom is -0.355 e. The van der Waals surface area contributed by atoms with Crippen LogP contribution in [-0.2, 0) is 11.3 Å². The summed E-state index contributed by atoms with van der Waals surface area (Å²) in [4.78, 5) is 24.2. The van der Waals surface area contributed by atoms with E-state index >= 15 is 0 Å². The van der Waals surface area contributed by atoms with Gasteiger partial charge in [-0.15, -0.1) is 0 Å². The SMILES string of the molecule is Cc1cccc(CN2CCC(N3CCC(C(=O)NCCN(C)C)CC3)CC2)n1. The van der Waals surface area contributed by atoms with Crippen molar-refractivity contribution in [2.75, 3.05) is 53.4 Å². The maximum atomic E-state index is 12.3. The van der Waals surface area contributed by atoms with Crippen LogP contribution in [0.25, 0.3) is 0 Å². The van der Waals surface area contributed by atoms with Crippen molar-refractivity contribution in [2.45, 2.75) is 45.2 Å². The smallest absolute Gasteiger partial charge is 0.223 e. The van der Waals surface area contributed by atoms with Crippen molar-refractivity contribution >= 4 is 5.91 Å². The third-order valence-corrected chi connectivity index (χ3v) is 6.16. The lowest BCUT2D eigenvalue weighted by Crippen LogP contribution is -2.49. The van der Waals surface area contributed by atoms with Crippen molar-refractivity contribution in [3.63, 3.8) is 0 Å². The Morgan fingerprint density at radius 3 is 2.50 bits per heavy atom. The lowest BCUT2D eigenvalue weighted by Gasteiger charge is -2.41. The number of hydrogen-bond acceptors (Lipinski definition) is 5. The fourth-order valence-electron chi connectivity index (χ4n) is 4.43. The molecule has 2 saturated heterocycles. The highest BCUT2D eigenvalue weighted by molar-refractivity contribution is 5.78. The van der Waals surface area contributed by atoms with Crippen molar-refractivity contribution in [3.8, 4) is 0 Å². The van der Waals surface area contributed by atoms with Crippen molar-refractivity contribution in [1.29, 1.82) is 0 Å². The molecule has 6 heteroatoms. The number of amides is 1. The molecule has 2 aliphatic rings.